The van der Waals surface area contributed by atoms with E-state index in [2.05, 4.69) is 0 Å². The summed E-state index contributed by atoms with van der Waals surface area (Å²) in [6.45, 7) is 2.55. The molecule has 2 bridgehead atoms. The Kier molecular flexibility index (Phi) is 1.44. The lowest BCUT2D eigenvalue weighted by Crippen LogP contribution is -2.42. The molecule has 3 unspecified atom stereocenters. The summed E-state index contributed by atoms with van der Waals surface area (Å²) in [6.07, 6.45) is 0.674. The van der Waals surface area contributed by atoms with Crippen LogP contribution in [0, 0.1) is 0 Å². The molecule has 0 radical (unpaired) electrons. The van der Waals surface area contributed by atoms with Crippen molar-refractivity contribution in [3.05, 3.63) is 0 Å². The molecule has 0 aromatic rings. The third kappa shape index (κ3) is 0.856. The van der Waals surface area contributed by atoms with Crippen LogP contribution in [0.1, 0.15) is 13.3 Å². The maximum atomic E-state index is 9.41. The molecule has 0 saturated carbocycles. The molecular formula is C7H12O3. The van der Waals surface area contributed by atoms with Crippen molar-refractivity contribution in [1.29, 1.82) is 0 Å². The van der Waals surface area contributed by atoms with Crippen molar-refractivity contribution in [2.45, 2.75) is 37.8 Å². The van der Waals surface area contributed by atoms with E-state index in [4.69, 9.17) is 9.47 Å². The second-order valence-corrected chi connectivity index (χ2v) is 3.06. The van der Waals surface area contributed by atoms with Crippen molar-refractivity contribution in [2.24, 2.45) is 0 Å². The molecule has 2 fully saturated rings. The molecule has 0 aliphatic carbocycles. The number of aliphatic hydroxyl groups excluding tert-OH is 1. The molecule has 1 N–H and O–H groups in total. The Morgan fingerprint density at radius 3 is 3.10 bits per heavy atom. The van der Waals surface area contributed by atoms with Gasteiger partial charge in [-0.15, -0.1) is 0 Å². The summed E-state index contributed by atoms with van der Waals surface area (Å²) in [4.78, 5) is 0. The summed E-state index contributed by atoms with van der Waals surface area (Å²) in [5.74, 6) is 0. The Bertz CT molecular complexity index is 137. The van der Waals surface area contributed by atoms with Gasteiger partial charge in [-0.05, 0) is 6.92 Å². The Morgan fingerprint density at radius 1 is 1.50 bits per heavy atom. The zero-order chi connectivity index (χ0) is 7.14. The average molecular weight is 144 g/mol. The van der Waals surface area contributed by atoms with Crippen LogP contribution < -0.4 is 0 Å². The van der Waals surface area contributed by atoms with E-state index in [-0.39, 0.29) is 18.3 Å². The summed E-state index contributed by atoms with van der Waals surface area (Å²) in [5.41, 5.74) is 0. The van der Waals surface area contributed by atoms with Crippen molar-refractivity contribution in [2.75, 3.05) is 6.61 Å². The zero-order valence-electron chi connectivity index (χ0n) is 5.99. The van der Waals surface area contributed by atoms with Gasteiger partial charge in [0.05, 0.1) is 24.9 Å². The summed E-state index contributed by atoms with van der Waals surface area (Å²) in [6, 6.07) is 0. The third-order valence-electron chi connectivity index (χ3n) is 2.26. The first-order valence-corrected chi connectivity index (χ1v) is 3.72. The summed E-state index contributed by atoms with van der Waals surface area (Å²) in [7, 11) is 0. The average Bonchev–Trinajstić information content (AvgIpc) is 2.29. The Morgan fingerprint density at radius 2 is 2.30 bits per heavy atom. The fourth-order valence-corrected chi connectivity index (χ4v) is 1.65. The maximum Gasteiger partial charge on any atom is 0.106 e. The lowest BCUT2D eigenvalue weighted by atomic mass is 10.0. The molecular weight excluding hydrogens is 132 g/mol. The second-order valence-electron chi connectivity index (χ2n) is 3.06. The summed E-state index contributed by atoms with van der Waals surface area (Å²) in [5, 5.41) is 9.41. The molecule has 4 atom stereocenters. The lowest BCUT2D eigenvalue weighted by molar-refractivity contribution is -0.106. The first kappa shape index (κ1) is 6.58. The molecule has 0 spiro atoms. The molecule has 2 heterocycles. The van der Waals surface area contributed by atoms with E-state index in [1.807, 2.05) is 6.92 Å². The van der Waals surface area contributed by atoms with Gasteiger partial charge < -0.3 is 14.6 Å². The van der Waals surface area contributed by atoms with Crippen LogP contribution in [-0.4, -0.2) is 36.1 Å². The summed E-state index contributed by atoms with van der Waals surface area (Å²) < 4.78 is 10.7. The predicted octanol–water partition coefficient (Wildman–Crippen LogP) is -0.0765. The molecule has 3 nitrogen and oxygen atoms in total. The van der Waals surface area contributed by atoms with Crippen molar-refractivity contribution < 1.29 is 14.6 Å². The minimum atomic E-state index is -0.418. The molecule has 10 heavy (non-hydrogen) atoms. The molecule has 58 valence electrons. The molecule has 0 amide bonds. The minimum Gasteiger partial charge on any atom is -0.388 e. The highest BCUT2D eigenvalue weighted by molar-refractivity contribution is 4.88. The Hall–Kier alpha value is -0.120. The van der Waals surface area contributed by atoms with Gasteiger partial charge in [-0.2, -0.15) is 0 Å². The molecule has 2 aliphatic heterocycles. The van der Waals surface area contributed by atoms with Gasteiger partial charge in [0.15, 0.2) is 0 Å². The standard InChI is InChI=1S/C7H12O3/c1-4-7(8)6-2-5(10-4)3-9-6/h4-8H,2-3H2,1H3/t4?,5?,6?,7-/m0/s1. The van der Waals surface area contributed by atoms with Crippen molar-refractivity contribution >= 4 is 0 Å². The number of ether oxygens (including phenoxy) is 2. The van der Waals surface area contributed by atoms with E-state index in [0.29, 0.717) is 6.61 Å². The number of hydrogen-bond acceptors (Lipinski definition) is 3. The number of aliphatic hydroxyl groups is 1. The van der Waals surface area contributed by atoms with Gasteiger partial charge in [0, 0.05) is 6.42 Å². The summed E-state index contributed by atoms with van der Waals surface area (Å²) >= 11 is 0. The molecule has 3 heteroatoms. The quantitative estimate of drug-likeness (QED) is 0.517. The van der Waals surface area contributed by atoms with Gasteiger partial charge in [0.1, 0.15) is 6.10 Å². The van der Waals surface area contributed by atoms with E-state index in [1.54, 1.807) is 0 Å². The van der Waals surface area contributed by atoms with Gasteiger partial charge in [-0.1, -0.05) is 0 Å². The van der Waals surface area contributed by atoms with E-state index < -0.39 is 6.10 Å². The predicted molar refractivity (Wildman–Crippen MR) is 34.7 cm³/mol. The van der Waals surface area contributed by atoms with Crippen LogP contribution in [0.15, 0.2) is 0 Å². The lowest BCUT2D eigenvalue weighted by Gasteiger charge is -2.29. The van der Waals surface area contributed by atoms with Gasteiger partial charge >= 0.3 is 0 Å². The first-order chi connectivity index (χ1) is 4.77. The van der Waals surface area contributed by atoms with Crippen LogP contribution in [0.2, 0.25) is 0 Å². The number of fused-ring (bicyclic) bond motifs is 2. The van der Waals surface area contributed by atoms with Crippen LogP contribution in [-0.2, 0) is 9.47 Å². The Labute approximate surface area is 59.9 Å². The smallest absolute Gasteiger partial charge is 0.106 e. The highest BCUT2D eigenvalue weighted by Gasteiger charge is 2.40. The number of rotatable bonds is 0. The highest BCUT2D eigenvalue weighted by atomic mass is 16.6. The monoisotopic (exact) mass is 144 g/mol. The van der Waals surface area contributed by atoms with E-state index >= 15 is 0 Å². The van der Waals surface area contributed by atoms with Crippen molar-refractivity contribution in [3.8, 4) is 0 Å². The fourth-order valence-electron chi connectivity index (χ4n) is 1.65. The van der Waals surface area contributed by atoms with Gasteiger partial charge in [-0.25, -0.2) is 0 Å². The normalized spacial score (nSPS) is 53.4. The third-order valence-corrected chi connectivity index (χ3v) is 2.26. The first-order valence-electron chi connectivity index (χ1n) is 3.72. The molecule has 0 aromatic heterocycles. The SMILES string of the molecule is CC1OC2COC(C2)[C@H]1O. The van der Waals surface area contributed by atoms with E-state index in [1.165, 1.54) is 0 Å². The van der Waals surface area contributed by atoms with Crippen LogP contribution in [0.4, 0.5) is 0 Å². The largest absolute Gasteiger partial charge is 0.388 e. The molecule has 2 saturated heterocycles. The second kappa shape index (κ2) is 2.19. The van der Waals surface area contributed by atoms with Gasteiger partial charge in [-0.3, -0.25) is 0 Å². The van der Waals surface area contributed by atoms with Crippen molar-refractivity contribution in [3.63, 3.8) is 0 Å². The van der Waals surface area contributed by atoms with Crippen LogP contribution in [0.5, 0.6) is 0 Å². The van der Waals surface area contributed by atoms with Crippen LogP contribution in [0.25, 0.3) is 0 Å². The topological polar surface area (TPSA) is 38.7 Å². The minimum absolute atomic E-state index is 0.0359. The van der Waals surface area contributed by atoms with Crippen LogP contribution >= 0.6 is 0 Å². The van der Waals surface area contributed by atoms with Gasteiger partial charge in [0.2, 0.25) is 0 Å². The highest BCUT2D eigenvalue weighted by Crippen LogP contribution is 2.28. The van der Waals surface area contributed by atoms with Gasteiger partial charge in [0.25, 0.3) is 0 Å². The van der Waals surface area contributed by atoms with E-state index in [9.17, 15) is 5.11 Å². The maximum absolute atomic E-state index is 9.41. The fraction of sp³-hybridized carbons (Fsp3) is 1.00. The molecule has 2 aliphatic rings. The van der Waals surface area contributed by atoms with E-state index in [0.717, 1.165) is 6.42 Å². The van der Waals surface area contributed by atoms with Crippen molar-refractivity contribution in [1.82, 2.24) is 0 Å². The van der Waals surface area contributed by atoms with Crippen LogP contribution in [0.3, 0.4) is 0 Å². The molecule has 0 aromatic carbocycles. The number of hydrogen-bond donors (Lipinski definition) is 1. The molecule has 2 rings (SSSR count). The zero-order valence-corrected chi connectivity index (χ0v) is 5.99. The Balaban J connectivity index is 2.09.